The third kappa shape index (κ3) is 3.93. The fraction of sp³-hybridized carbons (Fsp3) is 0.562. The molecule has 1 saturated carbocycles. The average molecular weight is 291 g/mol. The molecule has 0 aliphatic heterocycles. The minimum absolute atomic E-state index is 0.251. The number of anilines is 1. The molecule has 4 heteroatoms. The molecule has 20 heavy (non-hydrogen) atoms. The molecule has 1 aromatic rings. The topological polar surface area (TPSA) is 27.3 Å². The van der Waals surface area contributed by atoms with E-state index >= 15 is 0 Å². The van der Waals surface area contributed by atoms with Crippen LogP contribution in [0.1, 0.15) is 32.1 Å². The predicted molar refractivity (Wildman–Crippen MR) is 90.2 cm³/mol. The second kappa shape index (κ2) is 7.04. The van der Waals surface area contributed by atoms with Gasteiger partial charge in [0.2, 0.25) is 0 Å². The van der Waals surface area contributed by atoms with Gasteiger partial charge < -0.3 is 15.5 Å². The van der Waals surface area contributed by atoms with Gasteiger partial charge in [-0.2, -0.15) is 0 Å². The molecular weight excluding hydrogens is 266 g/mol. The fourth-order valence-corrected chi connectivity index (χ4v) is 3.12. The lowest BCUT2D eigenvalue weighted by Crippen LogP contribution is -2.54. The average Bonchev–Trinajstić information content (AvgIpc) is 2.47. The lowest BCUT2D eigenvalue weighted by Gasteiger charge is -2.43. The van der Waals surface area contributed by atoms with E-state index in [2.05, 4.69) is 29.6 Å². The Morgan fingerprint density at radius 1 is 1.15 bits per heavy atom. The van der Waals surface area contributed by atoms with E-state index in [1.165, 1.54) is 32.1 Å². The third-order valence-electron chi connectivity index (χ3n) is 4.34. The van der Waals surface area contributed by atoms with E-state index in [-0.39, 0.29) is 5.54 Å². The first-order valence-electron chi connectivity index (χ1n) is 7.40. The minimum Gasteiger partial charge on any atom is -0.361 e. The van der Waals surface area contributed by atoms with Gasteiger partial charge in [0.1, 0.15) is 0 Å². The van der Waals surface area contributed by atoms with Gasteiger partial charge in [-0.25, -0.2) is 0 Å². The Bertz CT molecular complexity index is 425. The van der Waals surface area contributed by atoms with Crippen LogP contribution in [0.25, 0.3) is 0 Å². The highest BCUT2D eigenvalue weighted by molar-refractivity contribution is 7.80. The first kappa shape index (κ1) is 15.3. The van der Waals surface area contributed by atoms with Crippen LogP contribution in [-0.4, -0.2) is 36.2 Å². The fourth-order valence-electron chi connectivity index (χ4n) is 2.93. The summed E-state index contributed by atoms with van der Waals surface area (Å²) in [5.41, 5.74) is 1.29. The minimum atomic E-state index is 0.251. The van der Waals surface area contributed by atoms with Crippen molar-refractivity contribution in [2.45, 2.75) is 37.6 Å². The lowest BCUT2D eigenvalue weighted by molar-refractivity contribution is 0.104. The van der Waals surface area contributed by atoms with E-state index in [9.17, 15) is 0 Å². The van der Waals surface area contributed by atoms with Crippen molar-refractivity contribution in [2.75, 3.05) is 26.0 Å². The normalized spacial score (nSPS) is 17.8. The van der Waals surface area contributed by atoms with Crippen molar-refractivity contribution >= 4 is 23.0 Å². The highest BCUT2D eigenvalue weighted by atomic mass is 32.1. The molecule has 3 nitrogen and oxygen atoms in total. The van der Waals surface area contributed by atoms with Gasteiger partial charge in [0.05, 0.1) is 0 Å². The van der Waals surface area contributed by atoms with Gasteiger partial charge in [-0.3, -0.25) is 0 Å². The number of nitrogens with zero attached hydrogens (tertiary/aromatic N) is 1. The molecule has 0 saturated heterocycles. The Kier molecular flexibility index (Phi) is 5.38. The van der Waals surface area contributed by atoms with Crippen LogP contribution in [0, 0.1) is 0 Å². The van der Waals surface area contributed by atoms with Gasteiger partial charge in [0.25, 0.3) is 0 Å². The van der Waals surface area contributed by atoms with Crippen LogP contribution in [0.15, 0.2) is 30.3 Å². The molecular formula is C16H25N3S. The molecule has 0 unspecified atom stereocenters. The Morgan fingerprint density at radius 3 is 2.40 bits per heavy atom. The van der Waals surface area contributed by atoms with E-state index in [0.29, 0.717) is 5.11 Å². The van der Waals surface area contributed by atoms with Crippen molar-refractivity contribution < 1.29 is 0 Å². The van der Waals surface area contributed by atoms with Gasteiger partial charge in [0, 0.05) is 17.8 Å². The summed E-state index contributed by atoms with van der Waals surface area (Å²) in [6.07, 6.45) is 6.50. The summed E-state index contributed by atoms with van der Waals surface area (Å²) in [7, 11) is 4.36. The van der Waals surface area contributed by atoms with Crippen LogP contribution in [0.4, 0.5) is 5.69 Å². The highest BCUT2D eigenvalue weighted by Crippen LogP contribution is 2.31. The molecule has 0 spiro atoms. The summed E-state index contributed by atoms with van der Waals surface area (Å²) >= 11 is 5.40. The maximum atomic E-state index is 5.40. The van der Waals surface area contributed by atoms with Crippen LogP contribution in [-0.2, 0) is 0 Å². The zero-order valence-corrected chi connectivity index (χ0v) is 13.3. The first-order valence-corrected chi connectivity index (χ1v) is 7.81. The van der Waals surface area contributed by atoms with E-state index in [1.54, 1.807) is 0 Å². The number of thiocarbonyl (C=S) groups is 1. The molecule has 1 fully saturated rings. The molecule has 0 atom stereocenters. The van der Waals surface area contributed by atoms with Crippen LogP contribution in [0.5, 0.6) is 0 Å². The second-order valence-corrected chi connectivity index (χ2v) is 6.26. The maximum Gasteiger partial charge on any atom is 0.170 e. The van der Waals surface area contributed by atoms with Crippen LogP contribution >= 0.6 is 12.2 Å². The van der Waals surface area contributed by atoms with Crippen molar-refractivity contribution in [3.63, 3.8) is 0 Å². The van der Waals surface area contributed by atoms with Crippen molar-refractivity contribution in [1.82, 2.24) is 10.2 Å². The van der Waals surface area contributed by atoms with Crippen molar-refractivity contribution in [3.05, 3.63) is 30.3 Å². The van der Waals surface area contributed by atoms with Crippen LogP contribution in [0.3, 0.4) is 0 Å². The van der Waals surface area contributed by atoms with Gasteiger partial charge >= 0.3 is 0 Å². The smallest absolute Gasteiger partial charge is 0.170 e. The first-order chi connectivity index (χ1) is 9.62. The molecule has 2 rings (SSSR count). The van der Waals surface area contributed by atoms with E-state index in [1.807, 2.05) is 30.3 Å². The molecule has 110 valence electrons. The number of nitrogens with one attached hydrogen (secondary N) is 2. The Hall–Kier alpha value is -1.13. The van der Waals surface area contributed by atoms with E-state index < -0.39 is 0 Å². The van der Waals surface area contributed by atoms with Gasteiger partial charge in [-0.1, -0.05) is 37.5 Å². The van der Waals surface area contributed by atoms with E-state index in [4.69, 9.17) is 12.2 Å². The zero-order valence-electron chi connectivity index (χ0n) is 12.5. The maximum absolute atomic E-state index is 5.40. The molecule has 1 aromatic carbocycles. The third-order valence-corrected chi connectivity index (χ3v) is 4.59. The number of para-hydroxylation sites is 1. The summed E-state index contributed by atoms with van der Waals surface area (Å²) in [5, 5.41) is 7.35. The summed E-state index contributed by atoms with van der Waals surface area (Å²) < 4.78 is 0. The lowest BCUT2D eigenvalue weighted by atomic mass is 9.80. The van der Waals surface area contributed by atoms with Crippen LogP contribution in [0.2, 0.25) is 0 Å². The largest absolute Gasteiger partial charge is 0.361 e. The molecule has 0 aromatic heterocycles. The number of rotatable bonds is 4. The number of likely N-dealkylation sites (N-methyl/N-ethyl adjacent to an activating group) is 1. The standard InChI is InChI=1S/C16H25N3S/c1-19(2)16(11-7-4-8-12-16)13-17-15(20)18-14-9-5-3-6-10-14/h3,5-6,9-10H,4,7-8,11-13H2,1-2H3,(H2,17,18,20). The highest BCUT2D eigenvalue weighted by Gasteiger charge is 2.34. The SMILES string of the molecule is CN(C)C1(CNC(=S)Nc2ccccc2)CCCCC1. The predicted octanol–water partition coefficient (Wildman–Crippen LogP) is 3.24. The molecule has 0 heterocycles. The Balaban J connectivity index is 1.88. The summed E-state index contributed by atoms with van der Waals surface area (Å²) in [6.45, 7) is 0.915. The summed E-state index contributed by atoms with van der Waals surface area (Å²) in [4.78, 5) is 2.37. The molecule has 0 bridgehead atoms. The van der Waals surface area contributed by atoms with Crippen molar-refractivity contribution in [2.24, 2.45) is 0 Å². The van der Waals surface area contributed by atoms with Gasteiger partial charge in [-0.05, 0) is 51.3 Å². The molecule has 0 radical (unpaired) electrons. The second-order valence-electron chi connectivity index (χ2n) is 5.85. The van der Waals surface area contributed by atoms with Crippen molar-refractivity contribution in [1.29, 1.82) is 0 Å². The number of hydrogen-bond donors (Lipinski definition) is 2. The molecule has 1 aliphatic carbocycles. The number of benzene rings is 1. The number of hydrogen-bond acceptors (Lipinski definition) is 2. The van der Waals surface area contributed by atoms with Gasteiger partial charge in [0.15, 0.2) is 5.11 Å². The van der Waals surface area contributed by atoms with E-state index in [0.717, 1.165) is 12.2 Å². The van der Waals surface area contributed by atoms with Crippen LogP contribution < -0.4 is 10.6 Å². The summed E-state index contributed by atoms with van der Waals surface area (Å²) in [5.74, 6) is 0. The van der Waals surface area contributed by atoms with Crippen molar-refractivity contribution in [3.8, 4) is 0 Å². The quantitative estimate of drug-likeness (QED) is 0.833. The zero-order chi connectivity index (χ0) is 14.4. The van der Waals surface area contributed by atoms with Gasteiger partial charge in [-0.15, -0.1) is 0 Å². The molecule has 0 amide bonds. The Labute approximate surface area is 127 Å². The molecule has 2 N–H and O–H groups in total. The Morgan fingerprint density at radius 2 is 1.80 bits per heavy atom. The molecule has 1 aliphatic rings. The summed E-state index contributed by atoms with van der Waals surface area (Å²) in [6, 6.07) is 10.1. The monoisotopic (exact) mass is 291 g/mol.